The van der Waals surface area contributed by atoms with Gasteiger partial charge in [0.1, 0.15) is 13.2 Å². The van der Waals surface area contributed by atoms with Gasteiger partial charge in [-0.3, -0.25) is 14.4 Å². The van der Waals surface area contributed by atoms with E-state index in [1.807, 2.05) is 12.2 Å². The van der Waals surface area contributed by atoms with Crippen molar-refractivity contribution in [1.82, 2.24) is 0 Å². The van der Waals surface area contributed by atoms with Gasteiger partial charge >= 0.3 is 17.9 Å². The molecule has 6 heteroatoms. The minimum absolute atomic E-state index is 0.130. The lowest BCUT2D eigenvalue weighted by Gasteiger charge is -2.18. The normalized spacial score (nSPS) is 13.3. The lowest BCUT2D eigenvalue weighted by molar-refractivity contribution is -0.166. The number of carbonyl (C=O) groups is 3. The van der Waals surface area contributed by atoms with E-state index in [2.05, 4.69) is 142 Å². The summed E-state index contributed by atoms with van der Waals surface area (Å²) in [4.78, 5) is 37.5. The Hall–Kier alpha value is -4.45. The van der Waals surface area contributed by atoms with Gasteiger partial charge in [0.15, 0.2) is 6.10 Å². The van der Waals surface area contributed by atoms with Gasteiger partial charge in [-0.25, -0.2) is 0 Å². The van der Waals surface area contributed by atoms with Gasteiger partial charge in [-0.05, 0) is 96.3 Å². The van der Waals surface area contributed by atoms with Crippen molar-refractivity contribution in [3.05, 3.63) is 134 Å². The van der Waals surface area contributed by atoms with Crippen LogP contribution < -0.4 is 0 Å². The van der Waals surface area contributed by atoms with Gasteiger partial charge in [-0.1, -0.05) is 187 Å². The molecule has 0 fully saturated rings. The molecule has 0 aromatic rings. The Morgan fingerprint density at radius 1 is 0.350 bits per heavy atom. The van der Waals surface area contributed by atoms with Crippen molar-refractivity contribution < 1.29 is 28.6 Å². The largest absolute Gasteiger partial charge is 0.462 e. The molecular weight excluding hydrogens is 745 g/mol. The van der Waals surface area contributed by atoms with Gasteiger partial charge in [0.05, 0.1) is 0 Å². The lowest BCUT2D eigenvalue weighted by atomic mass is 10.1. The van der Waals surface area contributed by atoms with Crippen LogP contribution in [0.15, 0.2) is 134 Å². The van der Waals surface area contributed by atoms with Crippen molar-refractivity contribution in [2.45, 2.75) is 175 Å². The van der Waals surface area contributed by atoms with Crippen LogP contribution in [0.25, 0.3) is 0 Å². The highest BCUT2D eigenvalue weighted by atomic mass is 16.6. The van der Waals surface area contributed by atoms with Crippen LogP contribution in [0.5, 0.6) is 0 Å². The summed E-state index contributed by atoms with van der Waals surface area (Å²) < 4.78 is 16.5. The molecule has 1 atom stereocenters. The minimum atomic E-state index is -0.839. The Labute approximate surface area is 366 Å². The Kier molecular flexibility index (Phi) is 43.7. The average Bonchev–Trinajstić information content (AvgIpc) is 3.24. The van der Waals surface area contributed by atoms with Crippen LogP contribution >= 0.6 is 0 Å². The minimum Gasteiger partial charge on any atom is -0.462 e. The van der Waals surface area contributed by atoms with Crippen LogP contribution in [0.3, 0.4) is 0 Å². The summed E-state index contributed by atoms with van der Waals surface area (Å²) in [6.45, 7) is 6.19. The standard InChI is InChI=1S/C54H82O6/c1-4-7-10-13-16-18-20-22-23-24-25-26-27-28-29-30-31-33-34-36-38-41-44-47-53(56)59-50-51(49-58-52(55)46-43-40-15-12-9-6-3)60-54(57)48-45-42-39-37-35-32-21-19-17-14-11-8-5-2/h7-8,10-11,16-19,22-23,25-26,28-29,31-33,35-36,38-39,42,51H,4-6,9,12-15,20-21,24,27,30,34,37,40-41,43-50H2,1-3H3/b10-7-,11-8-,18-16-,19-17-,23-22-,26-25-,29-28-,33-31-,35-32-,38-36-,42-39-. The van der Waals surface area contributed by atoms with Gasteiger partial charge in [-0.2, -0.15) is 0 Å². The number of unbranched alkanes of at least 4 members (excludes halogenated alkanes) is 6. The van der Waals surface area contributed by atoms with Crippen molar-refractivity contribution in [2.75, 3.05) is 13.2 Å². The molecular formula is C54H82O6. The zero-order valence-corrected chi connectivity index (χ0v) is 37.9. The van der Waals surface area contributed by atoms with E-state index in [0.717, 1.165) is 96.3 Å². The first-order valence-electron chi connectivity index (χ1n) is 23.2. The third kappa shape index (κ3) is 44.6. The first-order valence-corrected chi connectivity index (χ1v) is 23.2. The average molecular weight is 827 g/mol. The molecule has 0 aliphatic rings. The van der Waals surface area contributed by atoms with Crippen LogP contribution in [-0.4, -0.2) is 37.2 Å². The van der Waals surface area contributed by atoms with Gasteiger partial charge in [0, 0.05) is 19.3 Å². The Morgan fingerprint density at radius 2 is 0.683 bits per heavy atom. The highest BCUT2D eigenvalue weighted by molar-refractivity contribution is 5.71. The summed E-state index contributed by atoms with van der Waals surface area (Å²) in [5.74, 6) is -1.10. The van der Waals surface area contributed by atoms with E-state index in [0.29, 0.717) is 19.3 Å². The molecule has 0 spiro atoms. The summed E-state index contributed by atoms with van der Waals surface area (Å²) in [5.41, 5.74) is 0. The summed E-state index contributed by atoms with van der Waals surface area (Å²) in [5, 5.41) is 0. The molecule has 0 aromatic carbocycles. The molecule has 0 saturated heterocycles. The quantitative estimate of drug-likeness (QED) is 0.0266. The maximum absolute atomic E-state index is 12.6. The number of hydrogen-bond donors (Lipinski definition) is 0. The van der Waals surface area contributed by atoms with E-state index in [1.165, 1.54) is 19.3 Å². The molecule has 0 aliphatic heterocycles. The molecule has 0 saturated carbocycles. The van der Waals surface area contributed by atoms with Crippen LogP contribution in [0.2, 0.25) is 0 Å². The zero-order chi connectivity index (χ0) is 43.7. The fourth-order valence-electron chi connectivity index (χ4n) is 5.50. The summed E-state index contributed by atoms with van der Waals surface area (Å²) in [6, 6.07) is 0. The van der Waals surface area contributed by atoms with Crippen molar-refractivity contribution >= 4 is 17.9 Å². The van der Waals surface area contributed by atoms with E-state index in [4.69, 9.17) is 14.2 Å². The molecule has 0 heterocycles. The zero-order valence-electron chi connectivity index (χ0n) is 37.9. The number of hydrogen-bond acceptors (Lipinski definition) is 6. The van der Waals surface area contributed by atoms with E-state index < -0.39 is 12.1 Å². The molecule has 6 nitrogen and oxygen atoms in total. The second kappa shape index (κ2) is 47.2. The van der Waals surface area contributed by atoms with Crippen molar-refractivity contribution in [3.8, 4) is 0 Å². The second-order valence-electron chi connectivity index (χ2n) is 14.5. The highest BCUT2D eigenvalue weighted by Crippen LogP contribution is 2.10. The molecule has 0 rings (SSSR count). The predicted octanol–water partition coefficient (Wildman–Crippen LogP) is 15.1. The number of ether oxygens (including phenoxy) is 3. The monoisotopic (exact) mass is 827 g/mol. The third-order valence-electron chi connectivity index (χ3n) is 8.91. The molecule has 0 amide bonds. The first kappa shape index (κ1) is 55.5. The SMILES string of the molecule is CC/C=C\C/C=C\C/C=C\C/C=C\C/C=C\C/C=C\C/C=C\CCCC(=O)OCC(COC(=O)CCCCCCCC)OC(=O)CC/C=C\C/C=C\C/C=C\C/C=C\CC. The van der Waals surface area contributed by atoms with Crippen LogP contribution in [0.1, 0.15) is 168 Å². The van der Waals surface area contributed by atoms with Gasteiger partial charge in [-0.15, -0.1) is 0 Å². The summed E-state index contributed by atoms with van der Waals surface area (Å²) >= 11 is 0. The molecule has 0 radical (unpaired) electrons. The number of allylic oxidation sites excluding steroid dienone is 22. The molecule has 1 unspecified atom stereocenters. The lowest BCUT2D eigenvalue weighted by Crippen LogP contribution is -2.30. The van der Waals surface area contributed by atoms with Crippen LogP contribution in [0, 0.1) is 0 Å². The van der Waals surface area contributed by atoms with Crippen molar-refractivity contribution in [1.29, 1.82) is 0 Å². The van der Waals surface area contributed by atoms with Crippen LogP contribution in [0.4, 0.5) is 0 Å². The molecule has 0 N–H and O–H groups in total. The predicted molar refractivity (Wildman–Crippen MR) is 256 cm³/mol. The fourth-order valence-corrected chi connectivity index (χ4v) is 5.50. The Balaban J connectivity index is 4.44. The van der Waals surface area contributed by atoms with Crippen molar-refractivity contribution in [3.63, 3.8) is 0 Å². The number of esters is 3. The topological polar surface area (TPSA) is 78.9 Å². The maximum Gasteiger partial charge on any atom is 0.306 e. The summed E-state index contributed by atoms with van der Waals surface area (Å²) in [6.07, 6.45) is 66.2. The molecule has 334 valence electrons. The summed E-state index contributed by atoms with van der Waals surface area (Å²) in [7, 11) is 0. The Bertz CT molecular complexity index is 1370. The highest BCUT2D eigenvalue weighted by Gasteiger charge is 2.19. The van der Waals surface area contributed by atoms with Gasteiger partial charge < -0.3 is 14.2 Å². The van der Waals surface area contributed by atoms with E-state index in [9.17, 15) is 14.4 Å². The van der Waals surface area contributed by atoms with E-state index >= 15 is 0 Å². The van der Waals surface area contributed by atoms with E-state index in [1.54, 1.807) is 0 Å². The molecule has 0 aromatic heterocycles. The number of rotatable bonds is 39. The van der Waals surface area contributed by atoms with Crippen molar-refractivity contribution in [2.24, 2.45) is 0 Å². The Morgan fingerprint density at radius 3 is 1.08 bits per heavy atom. The van der Waals surface area contributed by atoms with E-state index in [-0.39, 0.29) is 38.0 Å². The van der Waals surface area contributed by atoms with Crippen LogP contribution in [-0.2, 0) is 28.6 Å². The molecule has 0 bridgehead atoms. The van der Waals surface area contributed by atoms with Gasteiger partial charge in [0.25, 0.3) is 0 Å². The smallest absolute Gasteiger partial charge is 0.306 e. The van der Waals surface area contributed by atoms with Gasteiger partial charge in [0.2, 0.25) is 0 Å². The maximum atomic E-state index is 12.6. The third-order valence-corrected chi connectivity index (χ3v) is 8.91. The fraction of sp³-hybridized carbons (Fsp3) is 0.537. The first-order chi connectivity index (χ1) is 29.5. The number of carbonyl (C=O) groups excluding carboxylic acids is 3. The molecule has 60 heavy (non-hydrogen) atoms. The second-order valence-corrected chi connectivity index (χ2v) is 14.5. The molecule has 0 aliphatic carbocycles.